The Balaban J connectivity index is 1.79. The fourth-order valence-corrected chi connectivity index (χ4v) is 3.40. The number of hydrogen-bond acceptors (Lipinski definition) is 4. The van der Waals surface area contributed by atoms with Gasteiger partial charge in [0.15, 0.2) is 5.82 Å². The average molecular weight is 476 g/mol. The number of benzene rings is 2. The van der Waals surface area contributed by atoms with Gasteiger partial charge in [-0.3, -0.25) is 9.79 Å². The van der Waals surface area contributed by atoms with Crippen LogP contribution in [0.5, 0.6) is 0 Å². The van der Waals surface area contributed by atoms with Gasteiger partial charge in [-0.2, -0.15) is 26.3 Å². The van der Waals surface area contributed by atoms with Crippen LogP contribution in [0.25, 0.3) is 23.0 Å². The first-order chi connectivity index (χ1) is 15.9. The summed E-state index contributed by atoms with van der Waals surface area (Å²) in [7, 11) is 0. The van der Waals surface area contributed by atoms with E-state index in [9.17, 15) is 31.1 Å². The van der Waals surface area contributed by atoms with Gasteiger partial charge in [0.1, 0.15) is 0 Å². The lowest BCUT2D eigenvalue weighted by atomic mass is 9.99. The largest absolute Gasteiger partial charge is 0.416 e. The van der Waals surface area contributed by atoms with Crippen molar-refractivity contribution in [2.75, 3.05) is 0 Å². The number of fused-ring (bicyclic) bond motifs is 1. The summed E-state index contributed by atoms with van der Waals surface area (Å²) in [6.07, 6.45) is -5.87. The van der Waals surface area contributed by atoms with E-state index in [0.29, 0.717) is 24.2 Å². The topological polar surface area (TPSA) is 81.2 Å². The zero-order chi connectivity index (χ0) is 24.7. The number of amides is 1. The molecule has 2 heterocycles. The van der Waals surface area contributed by atoms with E-state index < -0.39 is 35.0 Å². The van der Waals surface area contributed by atoms with Gasteiger partial charge in [-0.1, -0.05) is 12.1 Å². The zero-order valence-electron chi connectivity index (χ0n) is 17.1. The first-order valence-electron chi connectivity index (χ1n) is 9.69. The molecule has 1 amide bonds. The van der Waals surface area contributed by atoms with Crippen LogP contribution in [-0.4, -0.2) is 22.1 Å². The molecule has 34 heavy (non-hydrogen) atoms. The molecule has 1 aliphatic rings. The Labute approximate surface area is 188 Å². The number of nitrogens with two attached hydrogens (primary N) is 1. The Bertz CT molecular complexity index is 1310. The number of nitrogens with zero attached hydrogens (tertiary/aromatic N) is 3. The highest BCUT2D eigenvalue weighted by Crippen LogP contribution is 2.38. The molecule has 0 saturated heterocycles. The molecule has 1 aromatic heterocycles. The molecule has 174 valence electrons. The lowest BCUT2D eigenvalue weighted by molar-refractivity contribution is -0.143. The Morgan fingerprint density at radius 3 is 2.24 bits per heavy atom. The SMILES string of the molecule is NC(=O)/C(=C/c1ccnc(-c2cc(C(F)(F)F)cc(C(F)(F)F)c2)n1)c1ccc2c(c1)CN=C2. The Hall–Kier alpha value is -4.02. The molecule has 4 rings (SSSR count). The summed E-state index contributed by atoms with van der Waals surface area (Å²) in [5.74, 6) is -1.17. The zero-order valence-corrected chi connectivity index (χ0v) is 17.1. The molecule has 0 fully saturated rings. The van der Waals surface area contributed by atoms with Crippen molar-refractivity contribution in [3.63, 3.8) is 0 Å². The van der Waals surface area contributed by atoms with Crippen LogP contribution in [0.4, 0.5) is 26.3 Å². The Kier molecular flexibility index (Phi) is 5.72. The summed E-state index contributed by atoms with van der Waals surface area (Å²) < 4.78 is 79.2. The predicted octanol–water partition coefficient (Wildman–Crippen LogP) is 5.14. The monoisotopic (exact) mass is 476 g/mol. The maximum Gasteiger partial charge on any atom is 0.416 e. The number of aliphatic imine (C=N–C) groups is 1. The van der Waals surface area contributed by atoms with Crippen LogP contribution in [-0.2, 0) is 23.7 Å². The fourth-order valence-electron chi connectivity index (χ4n) is 3.40. The molecular weight excluding hydrogens is 462 g/mol. The van der Waals surface area contributed by atoms with Gasteiger partial charge >= 0.3 is 12.4 Å². The van der Waals surface area contributed by atoms with Crippen molar-refractivity contribution in [2.45, 2.75) is 18.9 Å². The molecule has 0 aliphatic carbocycles. The van der Waals surface area contributed by atoms with Crippen LogP contribution < -0.4 is 5.73 Å². The van der Waals surface area contributed by atoms with Crippen LogP contribution in [0.15, 0.2) is 53.7 Å². The van der Waals surface area contributed by atoms with Crippen molar-refractivity contribution in [1.82, 2.24) is 9.97 Å². The van der Waals surface area contributed by atoms with Gasteiger partial charge in [0.05, 0.1) is 23.4 Å². The second-order valence-electron chi connectivity index (χ2n) is 7.41. The second-order valence-corrected chi connectivity index (χ2v) is 7.41. The van der Waals surface area contributed by atoms with Gasteiger partial charge < -0.3 is 5.73 Å². The molecule has 0 unspecified atom stereocenters. The van der Waals surface area contributed by atoms with Crippen LogP contribution in [0.3, 0.4) is 0 Å². The third-order valence-corrected chi connectivity index (χ3v) is 5.03. The standard InChI is InChI=1S/C23H14F6N4O/c24-22(25,26)16-6-14(7-17(8-16)23(27,28)29)21-32-4-3-18(33-21)9-19(20(30)34)12-1-2-13-10-31-11-15(13)5-12/h1-10H,11H2,(H2,30,34)/b19-9+. The molecule has 0 atom stereocenters. The van der Waals surface area contributed by atoms with E-state index in [-0.39, 0.29) is 23.2 Å². The van der Waals surface area contributed by atoms with Crippen LogP contribution in [0.1, 0.15) is 33.5 Å². The lowest BCUT2D eigenvalue weighted by Crippen LogP contribution is -2.13. The van der Waals surface area contributed by atoms with E-state index in [4.69, 9.17) is 5.73 Å². The third-order valence-electron chi connectivity index (χ3n) is 5.03. The molecule has 0 bridgehead atoms. The number of carbonyl (C=O) groups is 1. The predicted molar refractivity (Wildman–Crippen MR) is 112 cm³/mol. The lowest BCUT2D eigenvalue weighted by Gasteiger charge is -2.14. The van der Waals surface area contributed by atoms with E-state index in [2.05, 4.69) is 15.0 Å². The number of primary amides is 1. The maximum atomic E-state index is 13.2. The first kappa shape index (κ1) is 23.1. The van der Waals surface area contributed by atoms with Gasteiger partial charge in [0.25, 0.3) is 0 Å². The van der Waals surface area contributed by atoms with Crippen molar-refractivity contribution in [2.24, 2.45) is 10.7 Å². The maximum absolute atomic E-state index is 13.2. The van der Waals surface area contributed by atoms with Crippen molar-refractivity contribution in [3.05, 3.63) is 82.2 Å². The quantitative estimate of drug-likeness (QED) is 0.418. The van der Waals surface area contributed by atoms with Crippen LogP contribution >= 0.6 is 0 Å². The molecule has 2 aromatic carbocycles. The highest BCUT2D eigenvalue weighted by molar-refractivity contribution is 6.23. The minimum Gasteiger partial charge on any atom is -0.366 e. The number of alkyl halides is 6. The summed E-state index contributed by atoms with van der Waals surface area (Å²) in [4.78, 5) is 24.1. The molecule has 0 radical (unpaired) electrons. The molecule has 1 aliphatic heterocycles. The molecule has 11 heteroatoms. The number of aromatic nitrogens is 2. The Morgan fingerprint density at radius 1 is 0.941 bits per heavy atom. The fraction of sp³-hybridized carbons (Fsp3) is 0.130. The second kappa shape index (κ2) is 8.40. The summed E-state index contributed by atoms with van der Waals surface area (Å²) >= 11 is 0. The van der Waals surface area contributed by atoms with Gasteiger partial charge in [0.2, 0.25) is 5.91 Å². The van der Waals surface area contributed by atoms with Gasteiger partial charge in [-0.15, -0.1) is 0 Å². The van der Waals surface area contributed by atoms with Gasteiger partial charge in [-0.05, 0) is 53.1 Å². The smallest absolute Gasteiger partial charge is 0.366 e. The number of carbonyl (C=O) groups excluding carboxylic acids is 1. The van der Waals surface area contributed by atoms with Crippen molar-refractivity contribution >= 4 is 23.8 Å². The molecule has 3 aromatic rings. The molecule has 5 nitrogen and oxygen atoms in total. The molecule has 0 spiro atoms. The molecule has 2 N–H and O–H groups in total. The third kappa shape index (κ3) is 4.82. The van der Waals surface area contributed by atoms with E-state index >= 15 is 0 Å². The summed E-state index contributed by atoms with van der Waals surface area (Å²) in [5, 5.41) is 0. The van der Waals surface area contributed by atoms with Crippen LogP contribution in [0, 0.1) is 0 Å². The molecule has 0 saturated carbocycles. The number of rotatable bonds is 4. The van der Waals surface area contributed by atoms with Gasteiger partial charge in [-0.25, -0.2) is 9.97 Å². The summed E-state index contributed by atoms with van der Waals surface area (Å²) in [5.41, 5.74) is 4.42. The van der Waals surface area contributed by atoms with Crippen molar-refractivity contribution in [1.29, 1.82) is 0 Å². The summed E-state index contributed by atoms with van der Waals surface area (Å²) in [6.45, 7) is 0.434. The minimum absolute atomic E-state index is 0.0238. The van der Waals surface area contributed by atoms with E-state index in [1.807, 2.05) is 0 Å². The van der Waals surface area contributed by atoms with Crippen molar-refractivity contribution < 1.29 is 31.1 Å². The van der Waals surface area contributed by atoms with E-state index in [1.165, 1.54) is 12.1 Å². The number of hydrogen-bond donors (Lipinski definition) is 1. The minimum atomic E-state index is -5.01. The van der Waals surface area contributed by atoms with E-state index in [0.717, 1.165) is 17.3 Å². The first-order valence-corrected chi connectivity index (χ1v) is 9.69. The Morgan fingerprint density at radius 2 is 1.62 bits per heavy atom. The average Bonchev–Trinajstić information content (AvgIpc) is 3.24. The molecular formula is C23H14F6N4O. The van der Waals surface area contributed by atoms with E-state index in [1.54, 1.807) is 24.4 Å². The highest BCUT2D eigenvalue weighted by atomic mass is 19.4. The number of halogens is 6. The van der Waals surface area contributed by atoms with Gasteiger partial charge in [0, 0.05) is 23.5 Å². The highest BCUT2D eigenvalue weighted by Gasteiger charge is 2.37. The van der Waals surface area contributed by atoms with Crippen molar-refractivity contribution in [3.8, 4) is 11.4 Å². The summed E-state index contributed by atoms with van der Waals surface area (Å²) in [6, 6.07) is 7.57. The van der Waals surface area contributed by atoms with Crippen LogP contribution in [0.2, 0.25) is 0 Å². The normalized spacial score (nSPS) is 13.8.